The Bertz CT molecular complexity index is 1110. The highest BCUT2D eigenvalue weighted by Crippen LogP contribution is 2.49. The maximum Gasteiger partial charge on any atom is 0.416 e. The molecule has 1 amide bonds. The molecule has 1 heterocycles. The number of aliphatic hydroxyl groups is 1. The zero-order chi connectivity index (χ0) is 25.6. The van der Waals surface area contributed by atoms with E-state index in [4.69, 9.17) is 4.74 Å². The lowest BCUT2D eigenvalue weighted by Gasteiger charge is -2.41. The average molecular weight is 502 g/mol. The molecule has 0 spiro atoms. The van der Waals surface area contributed by atoms with Gasteiger partial charge in [-0.15, -0.1) is 0 Å². The van der Waals surface area contributed by atoms with Crippen LogP contribution in [0.25, 0.3) is 0 Å². The third kappa shape index (κ3) is 5.05. The van der Waals surface area contributed by atoms with E-state index in [0.29, 0.717) is 23.6 Å². The van der Waals surface area contributed by atoms with Gasteiger partial charge in [0, 0.05) is 24.9 Å². The summed E-state index contributed by atoms with van der Waals surface area (Å²) in [6.45, 7) is 4.74. The molecule has 1 saturated heterocycles. The fraction of sp³-hybridized carbons (Fsp3) is 0.552. The van der Waals surface area contributed by atoms with Crippen LogP contribution in [0.2, 0.25) is 0 Å². The smallest absolute Gasteiger partial charge is 0.393 e. The Kier molecular flexibility index (Phi) is 6.90. The Balaban J connectivity index is 1.45. The van der Waals surface area contributed by atoms with E-state index >= 15 is 0 Å². The molecular formula is C29H34F3NO3. The first-order valence-electron chi connectivity index (χ1n) is 12.9. The summed E-state index contributed by atoms with van der Waals surface area (Å²) in [5.74, 6) is 1.04. The lowest BCUT2D eigenvalue weighted by Crippen LogP contribution is -2.39. The van der Waals surface area contributed by atoms with Crippen LogP contribution in [0.3, 0.4) is 0 Å². The highest BCUT2D eigenvalue weighted by Gasteiger charge is 2.49. The molecule has 0 aromatic heterocycles. The molecule has 4 nitrogen and oxygen atoms in total. The molecule has 1 N–H and O–H groups in total. The first-order chi connectivity index (χ1) is 17.2. The number of carbonyl (C=O) groups is 1. The van der Waals surface area contributed by atoms with E-state index in [9.17, 15) is 23.1 Å². The number of alkyl halides is 3. The number of aliphatic hydroxyl groups excluding tert-OH is 1. The Morgan fingerprint density at radius 3 is 2.50 bits per heavy atom. The molecule has 2 aromatic carbocycles. The number of fused-ring (bicyclic) bond motifs is 1. The van der Waals surface area contributed by atoms with Crippen molar-refractivity contribution in [2.45, 2.75) is 63.8 Å². The van der Waals surface area contributed by atoms with Crippen LogP contribution in [0, 0.1) is 31.6 Å². The number of benzene rings is 2. The zero-order valence-corrected chi connectivity index (χ0v) is 20.8. The summed E-state index contributed by atoms with van der Waals surface area (Å²) in [6.07, 6.45) is -2.01. The molecule has 3 fully saturated rings. The van der Waals surface area contributed by atoms with E-state index in [0.717, 1.165) is 55.5 Å². The van der Waals surface area contributed by atoms with Crippen molar-refractivity contribution < 1.29 is 27.8 Å². The van der Waals surface area contributed by atoms with Crippen molar-refractivity contribution in [3.63, 3.8) is 0 Å². The highest BCUT2D eigenvalue weighted by atomic mass is 19.4. The summed E-state index contributed by atoms with van der Waals surface area (Å²) >= 11 is 0. The first-order valence-corrected chi connectivity index (χ1v) is 12.9. The van der Waals surface area contributed by atoms with Gasteiger partial charge in [0.05, 0.1) is 18.3 Å². The first kappa shape index (κ1) is 25.3. The number of hydrogen-bond acceptors (Lipinski definition) is 3. The molecule has 0 radical (unpaired) electrons. The fourth-order valence-corrected chi connectivity index (χ4v) is 6.36. The van der Waals surface area contributed by atoms with Gasteiger partial charge >= 0.3 is 6.18 Å². The van der Waals surface area contributed by atoms with Crippen LogP contribution in [-0.2, 0) is 15.7 Å². The van der Waals surface area contributed by atoms with Crippen molar-refractivity contribution in [3.8, 4) is 0 Å². The summed E-state index contributed by atoms with van der Waals surface area (Å²) < 4.78 is 46.9. The molecular weight excluding hydrogens is 467 g/mol. The summed E-state index contributed by atoms with van der Waals surface area (Å²) in [7, 11) is 0. The molecule has 1 aliphatic heterocycles. The highest BCUT2D eigenvalue weighted by molar-refractivity contribution is 5.81. The fourth-order valence-electron chi connectivity index (χ4n) is 6.36. The molecule has 194 valence electrons. The monoisotopic (exact) mass is 501 g/mol. The van der Waals surface area contributed by atoms with Gasteiger partial charge in [0.2, 0.25) is 5.91 Å². The van der Waals surface area contributed by atoms with Crippen LogP contribution in [0.1, 0.15) is 65.5 Å². The average Bonchev–Trinajstić information content (AvgIpc) is 3.60. The Morgan fingerprint density at radius 2 is 1.83 bits per heavy atom. The standard InChI is InChI=1S/C29H34F3NO3/c1-17-11-21(13-22(12-17)29(30,31)32)26(16-34)36-25-10-9-20-14-33(28(35)19-7-8-19)15-24(20)27(25)23-6-4-3-5-18(23)2/h3-6,11-13,19-20,24-27,34H,7-10,14-16H2,1-2H3/t20-,24-,25+,26-,27+/m1/s1. The quantitative estimate of drug-likeness (QED) is 0.544. The number of aryl methyl sites for hydroxylation is 2. The molecule has 2 aromatic rings. The van der Waals surface area contributed by atoms with Crippen LogP contribution < -0.4 is 0 Å². The van der Waals surface area contributed by atoms with E-state index < -0.39 is 24.5 Å². The molecule has 36 heavy (non-hydrogen) atoms. The molecule has 3 aliphatic rings. The number of ether oxygens (including phenoxy) is 1. The minimum atomic E-state index is -4.47. The SMILES string of the molecule is Cc1cc([C@@H](CO)O[C@H]2CC[C@@H]3CN(C(=O)C4CC4)C[C@H]3[C@@H]2c2ccccc2C)cc(C(F)(F)F)c1. The van der Waals surface area contributed by atoms with Gasteiger partial charge in [0.1, 0.15) is 6.10 Å². The van der Waals surface area contributed by atoms with Crippen molar-refractivity contribution in [2.75, 3.05) is 19.7 Å². The van der Waals surface area contributed by atoms with Crippen LogP contribution in [0.15, 0.2) is 42.5 Å². The number of likely N-dealkylation sites (tertiary alicyclic amines) is 1. The number of carbonyl (C=O) groups excluding carboxylic acids is 1. The van der Waals surface area contributed by atoms with Crippen LogP contribution in [0.5, 0.6) is 0 Å². The lowest BCUT2D eigenvalue weighted by atomic mass is 9.68. The van der Waals surface area contributed by atoms with Gasteiger partial charge in [0.25, 0.3) is 0 Å². The number of halogens is 3. The van der Waals surface area contributed by atoms with Gasteiger partial charge in [-0.25, -0.2) is 0 Å². The van der Waals surface area contributed by atoms with Gasteiger partial charge < -0.3 is 14.7 Å². The number of rotatable bonds is 6. The number of nitrogens with zero attached hydrogens (tertiary/aromatic N) is 1. The summed E-state index contributed by atoms with van der Waals surface area (Å²) in [5, 5.41) is 10.2. The molecule has 2 aliphatic carbocycles. The zero-order valence-electron chi connectivity index (χ0n) is 20.8. The van der Waals surface area contributed by atoms with E-state index in [1.165, 1.54) is 0 Å². The topological polar surface area (TPSA) is 49.8 Å². The molecule has 2 saturated carbocycles. The number of hydrogen-bond donors (Lipinski definition) is 1. The van der Waals surface area contributed by atoms with Crippen molar-refractivity contribution in [2.24, 2.45) is 17.8 Å². The van der Waals surface area contributed by atoms with Crippen molar-refractivity contribution in [1.29, 1.82) is 0 Å². The van der Waals surface area contributed by atoms with E-state index in [-0.39, 0.29) is 29.8 Å². The summed E-state index contributed by atoms with van der Waals surface area (Å²) in [6, 6.07) is 12.0. The Labute approximate surface area is 210 Å². The maximum absolute atomic E-state index is 13.5. The van der Waals surface area contributed by atoms with Crippen LogP contribution in [-0.4, -0.2) is 41.7 Å². The van der Waals surface area contributed by atoms with E-state index in [1.807, 2.05) is 17.0 Å². The minimum Gasteiger partial charge on any atom is -0.393 e. The third-order valence-corrected chi connectivity index (χ3v) is 8.26. The molecule has 5 atom stereocenters. The Hall–Kier alpha value is -2.38. The lowest BCUT2D eigenvalue weighted by molar-refractivity contribution is -0.138. The molecule has 0 unspecified atom stereocenters. The van der Waals surface area contributed by atoms with Crippen molar-refractivity contribution in [3.05, 3.63) is 70.3 Å². The predicted octanol–water partition coefficient (Wildman–Crippen LogP) is 5.80. The van der Waals surface area contributed by atoms with Crippen molar-refractivity contribution in [1.82, 2.24) is 4.90 Å². The van der Waals surface area contributed by atoms with Gasteiger partial charge in [-0.1, -0.05) is 35.9 Å². The third-order valence-electron chi connectivity index (χ3n) is 8.26. The predicted molar refractivity (Wildman–Crippen MR) is 130 cm³/mol. The normalized spacial score (nSPS) is 27.1. The van der Waals surface area contributed by atoms with Gasteiger partial charge in [-0.3, -0.25) is 4.79 Å². The second kappa shape index (κ2) is 9.82. The van der Waals surface area contributed by atoms with E-state index in [1.54, 1.807) is 13.0 Å². The molecule has 5 rings (SSSR count). The van der Waals surface area contributed by atoms with Crippen LogP contribution in [0.4, 0.5) is 13.2 Å². The second-order valence-electron chi connectivity index (χ2n) is 10.9. The largest absolute Gasteiger partial charge is 0.416 e. The van der Waals surface area contributed by atoms with Gasteiger partial charge in [-0.2, -0.15) is 13.2 Å². The summed E-state index contributed by atoms with van der Waals surface area (Å²) in [5.41, 5.74) is 2.39. The van der Waals surface area contributed by atoms with Gasteiger partial charge in [0.15, 0.2) is 0 Å². The molecule has 7 heteroatoms. The van der Waals surface area contributed by atoms with Crippen molar-refractivity contribution >= 4 is 5.91 Å². The summed E-state index contributed by atoms with van der Waals surface area (Å²) in [4.78, 5) is 14.9. The molecule has 0 bridgehead atoms. The van der Waals surface area contributed by atoms with Crippen LogP contribution >= 0.6 is 0 Å². The Morgan fingerprint density at radius 1 is 1.08 bits per heavy atom. The maximum atomic E-state index is 13.5. The van der Waals surface area contributed by atoms with Gasteiger partial charge in [-0.05, 0) is 80.2 Å². The van der Waals surface area contributed by atoms with E-state index in [2.05, 4.69) is 19.1 Å². The number of amides is 1. The minimum absolute atomic E-state index is 0.00268. The second-order valence-corrected chi connectivity index (χ2v) is 10.9.